The second-order valence-electron chi connectivity index (χ2n) is 3.90. The highest BCUT2D eigenvalue weighted by atomic mass is 79.9. The van der Waals surface area contributed by atoms with Gasteiger partial charge in [0.1, 0.15) is 5.82 Å². The van der Waals surface area contributed by atoms with Crippen LogP contribution in [0.5, 0.6) is 0 Å². The molecule has 4 nitrogen and oxygen atoms in total. The van der Waals surface area contributed by atoms with E-state index >= 15 is 0 Å². The first-order valence-corrected chi connectivity index (χ1v) is 8.45. The van der Waals surface area contributed by atoms with Gasteiger partial charge in [-0.25, -0.2) is 4.98 Å². The summed E-state index contributed by atoms with van der Waals surface area (Å²) in [7, 11) is 0. The second kappa shape index (κ2) is 9.44. The van der Waals surface area contributed by atoms with Crippen LogP contribution in [-0.2, 0) is 0 Å². The number of halogens is 1. The second-order valence-corrected chi connectivity index (χ2v) is 5.74. The van der Waals surface area contributed by atoms with E-state index in [1.807, 2.05) is 18.7 Å². The molecule has 0 aliphatic carbocycles. The Hall–Kier alpha value is -0.490. The molecule has 0 saturated carbocycles. The molecule has 0 atom stereocenters. The molecule has 0 amide bonds. The minimum absolute atomic E-state index is 0.672. The molecule has 0 spiro atoms. The number of nitrogens with one attached hydrogen (secondary N) is 2. The molecule has 6 heteroatoms. The fraction of sp³-hybridized carbons (Fsp3) is 0.667. The van der Waals surface area contributed by atoms with E-state index in [0.717, 1.165) is 23.4 Å². The lowest BCUT2D eigenvalue weighted by atomic mass is 10.2. The van der Waals surface area contributed by atoms with Crippen LogP contribution < -0.4 is 10.6 Å². The van der Waals surface area contributed by atoms with Crippen LogP contribution in [0.15, 0.2) is 10.7 Å². The fourth-order valence-corrected chi connectivity index (χ4v) is 2.31. The van der Waals surface area contributed by atoms with Gasteiger partial charge in [-0.2, -0.15) is 16.7 Å². The fourth-order valence-electron chi connectivity index (χ4n) is 1.49. The largest absolute Gasteiger partial charge is 0.369 e. The molecule has 18 heavy (non-hydrogen) atoms. The Morgan fingerprint density at radius 3 is 2.83 bits per heavy atom. The monoisotopic (exact) mass is 332 g/mol. The van der Waals surface area contributed by atoms with Crippen molar-refractivity contribution in [2.45, 2.75) is 26.2 Å². The number of anilines is 2. The summed E-state index contributed by atoms with van der Waals surface area (Å²) >= 11 is 5.37. The summed E-state index contributed by atoms with van der Waals surface area (Å²) in [6.07, 6.45) is 7.65. The number of rotatable bonds is 9. The van der Waals surface area contributed by atoms with Crippen molar-refractivity contribution in [3.8, 4) is 0 Å². The molecule has 2 N–H and O–H groups in total. The van der Waals surface area contributed by atoms with E-state index < -0.39 is 0 Å². The Kier molecular flexibility index (Phi) is 8.17. The van der Waals surface area contributed by atoms with Crippen molar-refractivity contribution in [2.24, 2.45) is 0 Å². The number of aromatic nitrogens is 2. The molecule has 102 valence electrons. The molecule has 0 bridgehead atoms. The topological polar surface area (TPSA) is 49.8 Å². The lowest BCUT2D eigenvalue weighted by molar-refractivity contribution is 0.748. The van der Waals surface area contributed by atoms with Crippen molar-refractivity contribution in [3.05, 3.63) is 10.7 Å². The number of hydrogen-bond acceptors (Lipinski definition) is 5. The van der Waals surface area contributed by atoms with Crippen LogP contribution in [0, 0.1) is 0 Å². The van der Waals surface area contributed by atoms with Gasteiger partial charge in [-0.15, -0.1) is 0 Å². The molecule has 0 unspecified atom stereocenters. The van der Waals surface area contributed by atoms with Crippen molar-refractivity contribution < 1.29 is 0 Å². The van der Waals surface area contributed by atoms with E-state index in [2.05, 4.69) is 42.8 Å². The lowest BCUT2D eigenvalue weighted by Crippen LogP contribution is -2.08. The number of unbranched alkanes of at least 4 members (excludes halogenated alkanes) is 2. The number of hydrogen-bond donors (Lipinski definition) is 2. The quantitative estimate of drug-likeness (QED) is 0.676. The predicted molar refractivity (Wildman–Crippen MR) is 84.6 cm³/mol. The zero-order chi connectivity index (χ0) is 13.2. The third kappa shape index (κ3) is 5.91. The van der Waals surface area contributed by atoms with Crippen molar-refractivity contribution in [3.63, 3.8) is 0 Å². The average Bonchev–Trinajstić information content (AvgIpc) is 2.37. The maximum Gasteiger partial charge on any atom is 0.224 e. The Balaban J connectivity index is 2.34. The van der Waals surface area contributed by atoms with Gasteiger partial charge in [0.25, 0.3) is 0 Å². The normalized spacial score (nSPS) is 10.4. The zero-order valence-corrected chi connectivity index (χ0v) is 13.4. The number of thioether (sulfide) groups is 1. The molecular formula is C12H21BrN4S. The van der Waals surface area contributed by atoms with Crippen molar-refractivity contribution in [1.82, 2.24) is 9.97 Å². The highest BCUT2D eigenvalue weighted by Gasteiger charge is 2.03. The summed E-state index contributed by atoms with van der Waals surface area (Å²) in [6, 6.07) is 0. The highest BCUT2D eigenvalue weighted by Crippen LogP contribution is 2.20. The standard InChI is InChI=1S/C12H21BrN4S/c1-3-14-12-16-9-10(13)11(17-12)15-7-5-4-6-8-18-2/h9H,3-8H2,1-2H3,(H2,14,15,16,17). The van der Waals surface area contributed by atoms with Crippen LogP contribution >= 0.6 is 27.7 Å². The summed E-state index contributed by atoms with van der Waals surface area (Å²) < 4.78 is 0.910. The van der Waals surface area contributed by atoms with Crippen molar-refractivity contribution in [2.75, 3.05) is 35.7 Å². The third-order valence-corrected chi connectivity index (χ3v) is 3.67. The Morgan fingerprint density at radius 2 is 2.11 bits per heavy atom. The minimum atomic E-state index is 0.672. The molecule has 0 saturated heterocycles. The molecule has 1 aromatic heterocycles. The van der Waals surface area contributed by atoms with Crippen LogP contribution in [0.25, 0.3) is 0 Å². The molecular weight excluding hydrogens is 312 g/mol. The van der Waals surface area contributed by atoms with Crippen LogP contribution in [0.1, 0.15) is 26.2 Å². The van der Waals surface area contributed by atoms with Crippen LogP contribution in [-0.4, -0.2) is 35.1 Å². The van der Waals surface area contributed by atoms with Crippen LogP contribution in [0.3, 0.4) is 0 Å². The first-order valence-electron chi connectivity index (χ1n) is 6.27. The molecule has 0 fully saturated rings. The first-order chi connectivity index (χ1) is 8.77. The van der Waals surface area contributed by atoms with E-state index in [-0.39, 0.29) is 0 Å². The van der Waals surface area contributed by atoms with Gasteiger partial charge in [0.2, 0.25) is 5.95 Å². The van der Waals surface area contributed by atoms with E-state index in [1.165, 1.54) is 25.0 Å². The van der Waals surface area contributed by atoms with Gasteiger partial charge in [0, 0.05) is 19.3 Å². The summed E-state index contributed by atoms with van der Waals surface area (Å²) in [5, 5.41) is 6.45. The summed E-state index contributed by atoms with van der Waals surface area (Å²) in [5.41, 5.74) is 0. The molecule has 0 aliphatic heterocycles. The van der Waals surface area contributed by atoms with Crippen molar-refractivity contribution >= 4 is 39.5 Å². The van der Waals surface area contributed by atoms with E-state index in [4.69, 9.17) is 0 Å². The number of nitrogens with zero attached hydrogens (tertiary/aromatic N) is 2. The Bertz CT molecular complexity index is 349. The van der Waals surface area contributed by atoms with E-state index in [1.54, 1.807) is 6.20 Å². The molecule has 0 radical (unpaired) electrons. The van der Waals surface area contributed by atoms with Gasteiger partial charge in [-0.1, -0.05) is 6.42 Å². The Labute approximate surface area is 122 Å². The van der Waals surface area contributed by atoms with Gasteiger partial charge < -0.3 is 10.6 Å². The SMILES string of the molecule is CCNc1ncc(Br)c(NCCCCCSC)n1. The van der Waals surface area contributed by atoms with Crippen LogP contribution in [0.4, 0.5) is 11.8 Å². The van der Waals surface area contributed by atoms with Crippen molar-refractivity contribution in [1.29, 1.82) is 0 Å². The smallest absolute Gasteiger partial charge is 0.224 e. The molecule has 0 aliphatic rings. The van der Waals surface area contributed by atoms with Gasteiger partial charge in [0.05, 0.1) is 4.47 Å². The van der Waals surface area contributed by atoms with E-state index in [0.29, 0.717) is 5.95 Å². The summed E-state index contributed by atoms with van der Waals surface area (Å²) in [6.45, 7) is 3.82. The minimum Gasteiger partial charge on any atom is -0.369 e. The van der Waals surface area contributed by atoms with Crippen LogP contribution in [0.2, 0.25) is 0 Å². The van der Waals surface area contributed by atoms with Gasteiger partial charge >= 0.3 is 0 Å². The predicted octanol–water partition coefficient (Wildman–Crippen LogP) is 3.62. The van der Waals surface area contributed by atoms with Gasteiger partial charge in [0.15, 0.2) is 0 Å². The molecule has 1 heterocycles. The maximum atomic E-state index is 4.41. The molecule has 0 aromatic carbocycles. The van der Waals surface area contributed by atoms with Gasteiger partial charge in [-0.05, 0) is 47.7 Å². The zero-order valence-electron chi connectivity index (χ0n) is 11.0. The maximum absolute atomic E-state index is 4.41. The first kappa shape index (κ1) is 15.6. The van der Waals surface area contributed by atoms with Gasteiger partial charge in [-0.3, -0.25) is 0 Å². The van der Waals surface area contributed by atoms with E-state index in [9.17, 15) is 0 Å². The summed E-state index contributed by atoms with van der Waals surface area (Å²) in [5.74, 6) is 2.79. The highest BCUT2D eigenvalue weighted by molar-refractivity contribution is 9.10. The average molecular weight is 333 g/mol. The third-order valence-electron chi connectivity index (χ3n) is 2.40. The summed E-state index contributed by atoms with van der Waals surface area (Å²) in [4.78, 5) is 8.60. The molecule has 1 rings (SSSR count). The molecule has 1 aromatic rings. The lowest BCUT2D eigenvalue weighted by Gasteiger charge is -2.09. The Morgan fingerprint density at radius 1 is 1.28 bits per heavy atom.